The van der Waals surface area contributed by atoms with Crippen molar-refractivity contribution in [3.63, 3.8) is 0 Å². The zero-order chi connectivity index (χ0) is 73.1. The normalized spacial score (nSPS) is 15.0. The Labute approximate surface area is 539 Å². The second-order valence-electron chi connectivity index (χ2n) is 19.9. The summed E-state index contributed by atoms with van der Waals surface area (Å²) >= 11 is 0. The number of rotatable bonds is 17. The number of halogens is 12. The molecule has 1 aromatic heterocycles. The number of likely N-dealkylation sites (N-methyl/N-ethyl adjacent to an activating group) is 1. The predicted octanol–water partition coefficient (Wildman–Crippen LogP) is 5.70. The van der Waals surface area contributed by atoms with Crippen LogP contribution in [0.1, 0.15) is 67.3 Å². The minimum atomic E-state index is -5.08. The van der Waals surface area contributed by atoms with E-state index < -0.39 is 102 Å². The minimum Gasteiger partial charge on any atom is -0.492 e. The van der Waals surface area contributed by atoms with Gasteiger partial charge in [0.15, 0.2) is 5.82 Å². The van der Waals surface area contributed by atoms with Gasteiger partial charge >= 0.3 is 48.6 Å². The van der Waals surface area contributed by atoms with Crippen molar-refractivity contribution < 1.29 is 126 Å². The molecule has 14 N–H and O–H groups in total. The molecule has 0 radical (unpaired) electrons. The molecule has 0 unspecified atom stereocenters. The third-order valence-corrected chi connectivity index (χ3v) is 14.7. The summed E-state index contributed by atoms with van der Waals surface area (Å²) in [5.74, 6) is -13.2. The SMILES string of the molecule is Cc1nc(-c2ccc(SSC(C)(C)C)cc2)ncc1C(=O)N[C@@H](CCN)C(=O)N(C)[C@@H]1C(=O)N[C@@H](C)C(=O)N[C@H](C(=O)NCC#N)Cc2ccc(OCCN)c(c2)-c2cc1ccc2OCCN.O=C(O)C(F)(F)F.O=C(O)C(F)(F)F.O=C(O)C(F)(F)F.O=C(O)C(F)(F)F. The number of carbonyl (C=O) groups is 9. The number of hydrogen-bond acceptors (Lipinski definition) is 19. The van der Waals surface area contributed by atoms with Gasteiger partial charge in [0.25, 0.3) is 5.91 Å². The van der Waals surface area contributed by atoms with Crippen molar-refractivity contribution in [2.24, 2.45) is 17.2 Å². The zero-order valence-electron chi connectivity index (χ0n) is 50.5. The lowest BCUT2D eigenvalue weighted by molar-refractivity contribution is -0.193. The Balaban J connectivity index is 0.00000133. The van der Waals surface area contributed by atoms with Crippen molar-refractivity contribution in [1.82, 2.24) is 36.1 Å². The van der Waals surface area contributed by atoms with E-state index in [0.29, 0.717) is 45.3 Å². The molecule has 1 aliphatic rings. The van der Waals surface area contributed by atoms with Crippen LogP contribution in [0.25, 0.3) is 22.5 Å². The maximum absolute atomic E-state index is 14.7. The number of ether oxygens (including phenoxy) is 2. The van der Waals surface area contributed by atoms with Crippen molar-refractivity contribution in [3.05, 3.63) is 89.2 Å². The highest BCUT2D eigenvalue weighted by Crippen LogP contribution is 2.42. The lowest BCUT2D eigenvalue weighted by Crippen LogP contribution is -2.56. The molecule has 0 saturated carbocycles. The van der Waals surface area contributed by atoms with E-state index in [1.807, 2.05) is 30.3 Å². The summed E-state index contributed by atoms with van der Waals surface area (Å²) in [5.41, 5.74) is 20.8. The van der Waals surface area contributed by atoms with Crippen LogP contribution in [0.3, 0.4) is 0 Å². The van der Waals surface area contributed by atoms with Gasteiger partial charge in [-0.1, -0.05) is 66.6 Å². The van der Waals surface area contributed by atoms with Gasteiger partial charge < -0.3 is 73.3 Å². The third kappa shape index (κ3) is 29.3. The molecular weight excluding hydrogens is 1350 g/mol. The number of fused-ring (bicyclic) bond motifs is 5. The maximum Gasteiger partial charge on any atom is 0.490 e. The summed E-state index contributed by atoms with van der Waals surface area (Å²) in [6, 6.07) is 14.8. The van der Waals surface area contributed by atoms with Crippen LogP contribution in [-0.2, 0) is 44.8 Å². The monoisotopic (exact) mass is 1410 g/mol. The molecule has 40 heteroatoms. The molecule has 4 bridgehead atoms. The number of alkyl halides is 12. The summed E-state index contributed by atoms with van der Waals surface area (Å²) in [7, 11) is 4.85. The number of hydrogen-bond donors (Lipinski definition) is 11. The number of aromatic nitrogens is 2. The number of carboxylic acids is 4. The number of amides is 5. The van der Waals surface area contributed by atoms with E-state index in [1.54, 1.807) is 64.9 Å². The summed E-state index contributed by atoms with van der Waals surface area (Å²) < 4.78 is 139. The number of nitriles is 1. The second kappa shape index (κ2) is 37.6. The first-order chi connectivity index (χ1) is 43.7. The van der Waals surface area contributed by atoms with E-state index in [2.05, 4.69) is 52.0 Å². The quantitative estimate of drug-likeness (QED) is 0.0343. The van der Waals surface area contributed by atoms with Gasteiger partial charge in [-0.2, -0.15) is 57.9 Å². The Kier molecular flexibility index (Phi) is 33.2. The molecule has 0 aliphatic carbocycles. The number of aliphatic carboxylic acids is 4. The molecule has 26 nitrogen and oxygen atoms in total. The van der Waals surface area contributed by atoms with E-state index >= 15 is 0 Å². The number of nitrogens with zero attached hydrogens (tertiary/aromatic N) is 4. The van der Waals surface area contributed by atoms with Crippen LogP contribution in [0.4, 0.5) is 52.7 Å². The predicted molar refractivity (Wildman–Crippen MR) is 313 cm³/mol. The first kappa shape index (κ1) is 83.8. The molecule has 1 aliphatic heterocycles. The van der Waals surface area contributed by atoms with Gasteiger partial charge in [-0.15, -0.1) is 0 Å². The summed E-state index contributed by atoms with van der Waals surface area (Å²) in [5, 5.41) is 48.4. The molecule has 4 aromatic rings. The van der Waals surface area contributed by atoms with Crippen molar-refractivity contribution in [2.45, 2.75) is 106 Å². The number of aryl methyl sites for hydroxylation is 1. The fourth-order valence-corrected chi connectivity index (χ4v) is 8.99. The van der Waals surface area contributed by atoms with Gasteiger partial charge in [0, 0.05) is 59.1 Å². The van der Waals surface area contributed by atoms with Gasteiger partial charge in [-0.25, -0.2) is 29.1 Å². The fourth-order valence-electron chi connectivity index (χ4n) is 7.03. The molecule has 95 heavy (non-hydrogen) atoms. The average molecular weight is 1410 g/mol. The van der Waals surface area contributed by atoms with Crippen LogP contribution in [0.5, 0.6) is 11.5 Å². The van der Waals surface area contributed by atoms with Crippen LogP contribution in [0.15, 0.2) is 71.8 Å². The first-order valence-electron chi connectivity index (χ1n) is 26.7. The summed E-state index contributed by atoms with van der Waals surface area (Å²) in [6.07, 6.45) is -18.9. The van der Waals surface area contributed by atoms with Gasteiger partial charge in [-0.3, -0.25) is 24.0 Å². The number of carboxylic acid groups (broad SMARTS) is 4. The van der Waals surface area contributed by atoms with E-state index in [1.165, 1.54) is 25.1 Å². The third-order valence-electron chi connectivity index (χ3n) is 11.3. The van der Waals surface area contributed by atoms with E-state index in [0.717, 1.165) is 10.5 Å². The van der Waals surface area contributed by atoms with Gasteiger partial charge in [0.1, 0.15) is 55.4 Å². The molecule has 0 saturated heterocycles. The lowest BCUT2D eigenvalue weighted by atomic mass is 9.93. The number of nitrogens with one attached hydrogen (secondary N) is 4. The van der Waals surface area contributed by atoms with E-state index in [9.17, 15) is 76.7 Å². The Hall–Kier alpha value is -9.20. The zero-order valence-corrected chi connectivity index (χ0v) is 52.1. The van der Waals surface area contributed by atoms with Crippen LogP contribution in [0, 0.1) is 18.3 Å². The Morgan fingerprint density at radius 1 is 0.726 bits per heavy atom. The smallest absolute Gasteiger partial charge is 0.490 e. The number of benzene rings is 3. The largest absolute Gasteiger partial charge is 0.492 e. The second-order valence-corrected chi connectivity index (χ2v) is 22.9. The van der Waals surface area contributed by atoms with Gasteiger partial charge in [-0.05, 0) is 74.3 Å². The van der Waals surface area contributed by atoms with Gasteiger partial charge in [0.05, 0.1) is 17.3 Å². The topological polar surface area (TPSA) is 432 Å². The van der Waals surface area contributed by atoms with E-state index in [-0.39, 0.29) is 62.5 Å². The number of nitrogens with two attached hydrogens (primary N) is 3. The standard InChI is InChI=1S/C47H59N11O7S2.4C2HF3O2/c1-27-35(26-53-41(54-27)30-8-11-32(12-9-30)66-67-47(3,4)5)43(60)56-36(15-16-48)46(63)58(6)40-31-10-14-39(65-22-19-51)34(25-31)33-23-29(7-13-38(33)64-21-18-50)24-37(44(61)52-20-17-49)57-42(59)28(2)55-45(40)62;4*3-2(4,5)1(6)7/h7-14,23,25-26,28,36-37,40H,15-16,18-22,24,48,50-51H2,1-6H3,(H,52,61)(H,55,62)(H,56,60)(H,57,59);4*(H,6,7)/t28-,36-,37-,40-;;;;/m0..../s1. The van der Waals surface area contributed by atoms with E-state index in [4.69, 9.17) is 71.5 Å². The van der Waals surface area contributed by atoms with Crippen molar-refractivity contribution in [2.75, 3.05) is 46.4 Å². The van der Waals surface area contributed by atoms with Crippen LogP contribution in [-0.4, -0.2) is 183 Å². The Bertz CT molecular complexity index is 3260. The molecule has 0 fully saturated rings. The summed E-state index contributed by atoms with van der Waals surface area (Å²) in [6.45, 7) is 9.92. The van der Waals surface area contributed by atoms with Crippen LogP contribution in [0.2, 0.25) is 0 Å². The molecule has 3 aromatic carbocycles. The highest BCUT2D eigenvalue weighted by atomic mass is 33.1. The van der Waals surface area contributed by atoms with Crippen LogP contribution < -0.4 is 47.9 Å². The Morgan fingerprint density at radius 3 is 1.63 bits per heavy atom. The highest BCUT2D eigenvalue weighted by Gasteiger charge is 2.41. The average Bonchev–Trinajstić information content (AvgIpc) is 0.784. The highest BCUT2D eigenvalue weighted by molar-refractivity contribution is 8.77. The van der Waals surface area contributed by atoms with Crippen molar-refractivity contribution in [1.29, 1.82) is 5.26 Å². The van der Waals surface area contributed by atoms with Crippen molar-refractivity contribution >= 4 is 75.0 Å². The molecular formula is C55H63F12N11O15S2. The lowest BCUT2D eigenvalue weighted by Gasteiger charge is -2.32. The van der Waals surface area contributed by atoms with Crippen LogP contribution >= 0.6 is 21.6 Å². The summed E-state index contributed by atoms with van der Waals surface area (Å²) in [4.78, 5) is 117. The fraction of sp³-hybridized carbons (Fsp3) is 0.418. The first-order valence-corrected chi connectivity index (χ1v) is 28.9. The number of carbonyl (C=O) groups excluding carboxylic acids is 5. The molecule has 0 spiro atoms. The molecule has 2 heterocycles. The molecule has 524 valence electrons. The van der Waals surface area contributed by atoms with Gasteiger partial charge in [0.2, 0.25) is 23.6 Å². The molecule has 5 rings (SSSR count). The maximum atomic E-state index is 14.7. The Morgan fingerprint density at radius 2 is 1.20 bits per heavy atom. The minimum absolute atomic E-state index is 0.000898. The molecule has 4 atom stereocenters. The molecule has 5 amide bonds. The van der Waals surface area contributed by atoms with Crippen molar-refractivity contribution in [3.8, 4) is 40.1 Å².